The predicted molar refractivity (Wildman–Crippen MR) is 103 cm³/mol. The van der Waals surface area contributed by atoms with Crippen LogP contribution in [0.2, 0.25) is 0 Å². The highest BCUT2D eigenvalue weighted by Gasteiger charge is 1.96. The van der Waals surface area contributed by atoms with Gasteiger partial charge in [-0.25, -0.2) is 0 Å². The summed E-state index contributed by atoms with van der Waals surface area (Å²) in [6.45, 7) is 0. The summed E-state index contributed by atoms with van der Waals surface area (Å²) in [5.41, 5.74) is 0. The molecule has 1 nitrogen and oxygen atoms in total. The van der Waals surface area contributed by atoms with Gasteiger partial charge in [-0.15, -0.1) is 0 Å². The molecule has 0 aromatic heterocycles. The molecule has 2 fully saturated rings. The zero-order chi connectivity index (χ0) is 12.7. The van der Waals surface area contributed by atoms with Crippen molar-refractivity contribution in [3.63, 3.8) is 0 Å². The highest BCUT2D eigenvalue weighted by Crippen LogP contribution is 2.39. The molecular formula is C14H34OP4. The molecule has 4 atom stereocenters. The van der Waals surface area contributed by atoms with Gasteiger partial charge in [0.25, 0.3) is 0 Å². The average Bonchev–Trinajstić information content (AvgIpc) is 2.65. The second-order valence-electron chi connectivity index (χ2n) is 5.24. The lowest BCUT2D eigenvalue weighted by Crippen LogP contribution is -1.77. The van der Waals surface area contributed by atoms with Gasteiger partial charge in [-0.1, -0.05) is 71.6 Å². The van der Waals surface area contributed by atoms with Crippen LogP contribution < -0.4 is 0 Å². The van der Waals surface area contributed by atoms with Gasteiger partial charge in [-0.05, 0) is 50.3 Å². The highest BCUT2D eigenvalue weighted by atomic mass is 32.0. The van der Waals surface area contributed by atoms with Gasteiger partial charge in [0, 0.05) is 0 Å². The Morgan fingerprint density at radius 2 is 0.526 bits per heavy atom. The predicted octanol–water partition coefficient (Wildman–Crippen LogP) is 5.62. The molecule has 0 aromatic carbocycles. The van der Waals surface area contributed by atoms with Gasteiger partial charge in [-0.2, -0.15) is 0 Å². The van der Waals surface area contributed by atoms with Gasteiger partial charge < -0.3 is 5.48 Å². The van der Waals surface area contributed by atoms with E-state index in [0.717, 1.165) is 0 Å². The normalized spacial score (nSPS) is 27.8. The molecule has 2 N–H and O–H groups in total. The minimum atomic E-state index is 0. The van der Waals surface area contributed by atoms with E-state index in [9.17, 15) is 0 Å². The number of hydrogen-bond donors (Lipinski definition) is 0. The summed E-state index contributed by atoms with van der Waals surface area (Å²) in [7, 11) is 5.25. The Morgan fingerprint density at radius 1 is 0.316 bits per heavy atom. The van der Waals surface area contributed by atoms with Crippen LogP contribution in [0.3, 0.4) is 0 Å². The van der Waals surface area contributed by atoms with Crippen LogP contribution in [0.5, 0.6) is 0 Å². The van der Waals surface area contributed by atoms with Crippen molar-refractivity contribution in [1.82, 2.24) is 0 Å². The lowest BCUT2D eigenvalue weighted by atomic mass is 10.2. The largest absolute Gasteiger partial charge is 0.412 e. The second-order valence-corrected chi connectivity index (χ2v) is 12.9. The van der Waals surface area contributed by atoms with E-state index in [2.05, 4.69) is 0 Å². The van der Waals surface area contributed by atoms with Crippen molar-refractivity contribution in [2.45, 2.75) is 64.2 Å². The van der Waals surface area contributed by atoms with Gasteiger partial charge in [0.05, 0.1) is 0 Å². The first kappa shape index (κ1) is 20.7. The molecule has 2 heterocycles. The third-order valence-corrected chi connectivity index (χ3v) is 10.9. The fourth-order valence-electron chi connectivity index (χ4n) is 2.27. The van der Waals surface area contributed by atoms with Crippen LogP contribution in [0, 0.1) is 0 Å². The Balaban J connectivity index is 0.000000324. The Morgan fingerprint density at radius 3 is 0.789 bits per heavy atom. The summed E-state index contributed by atoms with van der Waals surface area (Å²) in [6, 6.07) is 0. The van der Waals surface area contributed by atoms with Crippen LogP contribution in [0.15, 0.2) is 0 Å². The Bertz CT molecular complexity index is 94.5. The highest BCUT2D eigenvalue weighted by molar-refractivity contribution is 8.12. The smallest absolute Gasteiger partial charge is 0.0317 e. The quantitative estimate of drug-likeness (QED) is 0.512. The number of hydrogen-bond acceptors (Lipinski definition) is 0. The molecule has 0 aromatic rings. The zero-order valence-corrected chi connectivity index (χ0v) is 16.4. The minimum absolute atomic E-state index is 0. The molecule has 2 aliphatic rings. The average molecular weight is 342 g/mol. The van der Waals surface area contributed by atoms with Gasteiger partial charge in [-0.3, -0.25) is 0 Å². The van der Waals surface area contributed by atoms with Crippen LogP contribution in [0.25, 0.3) is 0 Å². The lowest BCUT2D eigenvalue weighted by Gasteiger charge is -1.94. The molecule has 0 bridgehead atoms. The summed E-state index contributed by atoms with van der Waals surface area (Å²) < 4.78 is 0. The first-order valence-electron chi connectivity index (χ1n) is 7.91. The molecule has 116 valence electrons. The van der Waals surface area contributed by atoms with Crippen molar-refractivity contribution in [2.75, 3.05) is 24.6 Å². The van der Waals surface area contributed by atoms with Crippen molar-refractivity contribution in [3.8, 4) is 0 Å². The molecule has 2 saturated heterocycles. The maximum absolute atomic E-state index is 1.54. The Hall–Kier alpha value is 1.68. The van der Waals surface area contributed by atoms with Gasteiger partial charge in [0.2, 0.25) is 0 Å². The maximum atomic E-state index is 1.54. The van der Waals surface area contributed by atoms with Crippen LogP contribution >= 0.6 is 33.1 Å². The van der Waals surface area contributed by atoms with Crippen molar-refractivity contribution in [1.29, 1.82) is 0 Å². The standard InChI is InChI=1S/2C7H16P2.H2O/c2*1-2-4-6-8-9-7-5-3-1;/h2*8-9H,1-7H2;1H2. The molecule has 4 unspecified atom stereocenters. The van der Waals surface area contributed by atoms with Crippen molar-refractivity contribution >= 4 is 33.1 Å². The summed E-state index contributed by atoms with van der Waals surface area (Å²) in [5.74, 6) is 0. The maximum Gasteiger partial charge on any atom is -0.0317 e. The van der Waals surface area contributed by atoms with Gasteiger partial charge in [0.1, 0.15) is 0 Å². The third kappa shape index (κ3) is 15.9. The minimum Gasteiger partial charge on any atom is -0.412 e. The first-order chi connectivity index (χ1) is 9.00. The Labute approximate surface area is 127 Å². The van der Waals surface area contributed by atoms with E-state index >= 15 is 0 Å². The van der Waals surface area contributed by atoms with Crippen LogP contribution in [-0.4, -0.2) is 30.1 Å². The zero-order valence-electron chi connectivity index (χ0n) is 12.4. The molecular weight excluding hydrogens is 308 g/mol. The second kappa shape index (κ2) is 17.7. The molecule has 0 radical (unpaired) electrons. The molecule has 0 spiro atoms. The summed E-state index contributed by atoms with van der Waals surface area (Å²) in [4.78, 5) is 0. The molecule has 5 heteroatoms. The topological polar surface area (TPSA) is 31.5 Å². The van der Waals surface area contributed by atoms with Gasteiger partial charge in [0.15, 0.2) is 0 Å². The van der Waals surface area contributed by atoms with Crippen LogP contribution in [0.4, 0.5) is 0 Å². The van der Waals surface area contributed by atoms with E-state index in [1.807, 2.05) is 0 Å². The van der Waals surface area contributed by atoms with Crippen molar-refractivity contribution in [3.05, 3.63) is 0 Å². The fourth-order valence-corrected chi connectivity index (χ4v) is 8.92. The molecule has 0 amide bonds. The summed E-state index contributed by atoms with van der Waals surface area (Å²) in [5, 5.41) is 0. The van der Waals surface area contributed by atoms with Crippen LogP contribution in [0.1, 0.15) is 64.2 Å². The number of rotatable bonds is 0. The first-order valence-corrected chi connectivity index (χ1v) is 14.7. The molecule has 0 aliphatic carbocycles. The van der Waals surface area contributed by atoms with E-state index in [1.165, 1.54) is 97.3 Å². The van der Waals surface area contributed by atoms with E-state index in [1.54, 1.807) is 24.6 Å². The fraction of sp³-hybridized carbons (Fsp3) is 1.00. The summed E-state index contributed by atoms with van der Waals surface area (Å²) >= 11 is 0. The molecule has 2 aliphatic heterocycles. The SMILES string of the molecule is C1CCCPPCCC1.C1CCCPPCCC1.O. The van der Waals surface area contributed by atoms with Crippen molar-refractivity contribution in [2.24, 2.45) is 0 Å². The Kier molecular flexibility index (Phi) is 19.3. The molecule has 2 rings (SSSR count). The van der Waals surface area contributed by atoms with E-state index in [4.69, 9.17) is 0 Å². The third-order valence-electron chi connectivity index (χ3n) is 3.46. The molecule has 19 heavy (non-hydrogen) atoms. The summed E-state index contributed by atoms with van der Waals surface area (Å²) in [6.07, 6.45) is 21.3. The van der Waals surface area contributed by atoms with E-state index in [0.29, 0.717) is 0 Å². The van der Waals surface area contributed by atoms with Crippen LogP contribution in [-0.2, 0) is 0 Å². The van der Waals surface area contributed by atoms with E-state index in [-0.39, 0.29) is 5.48 Å². The molecule has 0 saturated carbocycles. The van der Waals surface area contributed by atoms with E-state index < -0.39 is 0 Å². The van der Waals surface area contributed by atoms with Crippen molar-refractivity contribution < 1.29 is 5.48 Å². The lowest BCUT2D eigenvalue weighted by molar-refractivity contribution is 0.664. The van der Waals surface area contributed by atoms with Gasteiger partial charge >= 0.3 is 0 Å². The monoisotopic (exact) mass is 342 g/mol.